The van der Waals surface area contributed by atoms with Gasteiger partial charge in [-0.2, -0.15) is 0 Å². The van der Waals surface area contributed by atoms with Crippen molar-refractivity contribution in [3.8, 4) is 0 Å². The van der Waals surface area contributed by atoms with Gasteiger partial charge in [0.25, 0.3) is 0 Å². The highest BCUT2D eigenvalue weighted by molar-refractivity contribution is 5.24. The van der Waals surface area contributed by atoms with Gasteiger partial charge < -0.3 is 10.5 Å². The first-order valence-corrected chi connectivity index (χ1v) is 7.14. The molecule has 0 saturated carbocycles. The molecule has 3 nitrogen and oxygen atoms in total. The van der Waals surface area contributed by atoms with Crippen molar-refractivity contribution in [2.75, 3.05) is 26.2 Å². The lowest BCUT2D eigenvalue weighted by Crippen LogP contribution is -2.52. The SMILES string of the molecule is CC(N)C1CN(CC(C)(C)c2ccccc2)CCO1. The monoisotopic (exact) mass is 262 g/mol. The third-order valence-electron chi connectivity index (χ3n) is 3.94. The molecule has 0 radical (unpaired) electrons. The maximum absolute atomic E-state index is 5.95. The van der Waals surface area contributed by atoms with Crippen molar-refractivity contribution in [2.45, 2.75) is 38.3 Å². The molecule has 2 atom stereocenters. The molecule has 0 bridgehead atoms. The topological polar surface area (TPSA) is 38.5 Å². The normalized spacial score (nSPS) is 23.3. The first kappa shape index (κ1) is 14.5. The number of benzene rings is 1. The molecule has 3 heteroatoms. The first-order chi connectivity index (χ1) is 8.99. The van der Waals surface area contributed by atoms with E-state index in [9.17, 15) is 0 Å². The van der Waals surface area contributed by atoms with E-state index in [2.05, 4.69) is 49.1 Å². The highest BCUT2D eigenvalue weighted by atomic mass is 16.5. The third kappa shape index (κ3) is 3.78. The van der Waals surface area contributed by atoms with Crippen LogP contribution in [0.4, 0.5) is 0 Å². The van der Waals surface area contributed by atoms with Crippen molar-refractivity contribution < 1.29 is 4.74 Å². The summed E-state index contributed by atoms with van der Waals surface area (Å²) in [5.74, 6) is 0. The molecule has 2 N–H and O–H groups in total. The van der Waals surface area contributed by atoms with E-state index in [1.54, 1.807) is 0 Å². The van der Waals surface area contributed by atoms with Crippen LogP contribution in [0.3, 0.4) is 0 Å². The summed E-state index contributed by atoms with van der Waals surface area (Å²) >= 11 is 0. The summed E-state index contributed by atoms with van der Waals surface area (Å²) in [6.45, 7) is 10.4. The molecule has 1 aromatic carbocycles. The number of nitrogens with two attached hydrogens (primary N) is 1. The highest BCUT2D eigenvalue weighted by Crippen LogP contribution is 2.25. The Kier molecular flexibility index (Phi) is 4.61. The van der Waals surface area contributed by atoms with Gasteiger partial charge in [0.2, 0.25) is 0 Å². The van der Waals surface area contributed by atoms with Gasteiger partial charge in [0.05, 0.1) is 12.7 Å². The summed E-state index contributed by atoms with van der Waals surface area (Å²) in [4.78, 5) is 2.48. The van der Waals surface area contributed by atoms with Crippen molar-refractivity contribution in [3.63, 3.8) is 0 Å². The lowest BCUT2D eigenvalue weighted by atomic mass is 9.84. The Morgan fingerprint density at radius 1 is 1.37 bits per heavy atom. The average Bonchev–Trinajstić information content (AvgIpc) is 2.39. The van der Waals surface area contributed by atoms with Gasteiger partial charge in [0, 0.05) is 31.1 Å². The summed E-state index contributed by atoms with van der Waals surface area (Å²) in [5.41, 5.74) is 7.49. The van der Waals surface area contributed by atoms with Crippen LogP contribution in [0.25, 0.3) is 0 Å². The van der Waals surface area contributed by atoms with Gasteiger partial charge in [-0.25, -0.2) is 0 Å². The number of rotatable bonds is 4. The molecular formula is C16H26N2O. The summed E-state index contributed by atoms with van der Waals surface area (Å²) in [7, 11) is 0. The molecule has 1 saturated heterocycles. The minimum absolute atomic E-state index is 0.0997. The summed E-state index contributed by atoms with van der Waals surface area (Å²) in [5, 5.41) is 0. The molecule has 0 spiro atoms. The Morgan fingerprint density at radius 2 is 2.05 bits per heavy atom. The van der Waals surface area contributed by atoms with Crippen LogP contribution in [0.15, 0.2) is 30.3 Å². The second kappa shape index (κ2) is 6.04. The molecule has 1 fully saturated rings. The molecule has 1 aliphatic rings. The van der Waals surface area contributed by atoms with Crippen LogP contribution in [0.1, 0.15) is 26.3 Å². The van der Waals surface area contributed by atoms with Crippen LogP contribution >= 0.6 is 0 Å². The maximum atomic E-state index is 5.95. The van der Waals surface area contributed by atoms with Crippen LogP contribution in [-0.2, 0) is 10.2 Å². The van der Waals surface area contributed by atoms with Gasteiger partial charge >= 0.3 is 0 Å². The molecule has 0 aliphatic carbocycles. The number of ether oxygens (including phenoxy) is 1. The second-order valence-electron chi connectivity index (χ2n) is 6.25. The van der Waals surface area contributed by atoms with Crippen molar-refractivity contribution >= 4 is 0 Å². The quantitative estimate of drug-likeness (QED) is 0.902. The molecule has 1 heterocycles. The van der Waals surface area contributed by atoms with E-state index in [0.29, 0.717) is 0 Å². The Hall–Kier alpha value is -0.900. The lowest BCUT2D eigenvalue weighted by Gasteiger charge is -2.39. The van der Waals surface area contributed by atoms with E-state index >= 15 is 0 Å². The second-order valence-corrected chi connectivity index (χ2v) is 6.25. The molecule has 1 aromatic rings. The fraction of sp³-hybridized carbons (Fsp3) is 0.625. The Balaban J connectivity index is 2.00. The predicted octanol–water partition coefficient (Wildman–Crippen LogP) is 2.01. The smallest absolute Gasteiger partial charge is 0.0850 e. The first-order valence-electron chi connectivity index (χ1n) is 7.14. The number of nitrogens with zero attached hydrogens (tertiary/aromatic N) is 1. The fourth-order valence-electron chi connectivity index (χ4n) is 2.73. The summed E-state index contributed by atoms with van der Waals surface area (Å²) in [6, 6.07) is 10.8. The van der Waals surface area contributed by atoms with Gasteiger partial charge in [-0.05, 0) is 12.5 Å². The van der Waals surface area contributed by atoms with E-state index in [0.717, 1.165) is 26.2 Å². The molecule has 1 aliphatic heterocycles. The number of morpholine rings is 1. The van der Waals surface area contributed by atoms with E-state index in [1.807, 2.05) is 6.92 Å². The van der Waals surface area contributed by atoms with Crippen LogP contribution < -0.4 is 5.73 Å². The van der Waals surface area contributed by atoms with Crippen LogP contribution in [0.5, 0.6) is 0 Å². The molecule has 2 unspecified atom stereocenters. The Morgan fingerprint density at radius 3 is 2.68 bits per heavy atom. The van der Waals surface area contributed by atoms with Crippen LogP contribution in [0.2, 0.25) is 0 Å². The van der Waals surface area contributed by atoms with Crippen molar-refractivity contribution in [2.24, 2.45) is 5.73 Å². The zero-order chi connectivity index (χ0) is 13.9. The molecule has 2 rings (SSSR count). The van der Waals surface area contributed by atoms with E-state index in [4.69, 9.17) is 10.5 Å². The van der Waals surface area contributed by atoms with Gasteiger partial charge in [0.1, 0.15) is 0 Å². The minimum atomic E-state index is 0.0997. The van der Waals surface area contributed by atoms with E-state index in [1.165, 1.54) is 5.56 Å². The van der Waals surface area contributed by atoms with E-state index in [-0.39, 0.29) is 17.6 Å². The third-order valence-corrected chi connectivity index (χ3v) is 3.94. The van der Waals surface area contributed by atoms with Crippen LogP contribution in [0, 0.1) is 0 Å². The van der Waals surface area contributed by atoms with E-state index < -0.39 is 0 Å². The fourth-order valence-corrected chi connectivity index (χ4v) is 2.73. The Labute approximate surface area is 116 Å². The summed E-state index contributed by atoms with van der Waals surface area (Å²) < 4.78 is 5.72. The van der Waals surface area contributed by atoms with Gasteiger partial charge in [-0.15, -0.1) is 0 Å². The minimum Gasteiger partial charge on any atom is -0.374 e. The van der Waals surface area contributed by atoms with Gasteiger partial charge in [0.15, 0.2) is 0 Å². The molecule has 106 valence electrons. The Bertz CT molecular complexity index is 389. The number of hydrogen-bond donors (Lipinski definition) is 1. The predicted molar refractivity (Wildman–Crippen MR) is 79.3 cm³/mol. The maximum Gasteiger partial charge on any atom is 0.0850 e. The van der Waals surface area contributed by atoms with Crippen molar-refractivity contribution in [1.29, 1.82) is 0 Å². The highest BCUT2D eigenvalue weighted by Gasteiger charge is 2.29. The molecule has 0 amide bonds. The zero-order valence-corrected chi connectivity index (χ0v) is 12.3. The molecular weight excluding hydrogens is 236 g/mol. The van der Waals surface area contributed by atoms with Crippen LogP contribution in [-0.4, -0.2) is 43.3 Å². The van der Waals surface area contributed by atoms with Gasteiger partial charge in [-0.1, -0.05) is 44.2 Å². The average molecular weight is 262 g/mol. The standard InChI is InChI=1S/C16H26N2O/c1-13(17)15-11-18(9-10-19-15)12-16(2,3)14-7-5-4-6-8-14/h4-8,13,15H,9-12,17H2,1-3H3. The largest absolute Gasteiger partial charge is 0.374 e. The lowest BCUT2D eigenvalue weighted by molar-refractivity contribution is -0.0424. The summed E-state index contributed by atoms with van der Waals surface area (Å²) in [6.07, 6.45) is 0.167. The molecule has 0 aromatic heterocycles. The van der Waals surface area contributed by atoms with Crippen molar-refractivity contribution in [3.05, 3.63) is 35.9 Å². The number of hydrogen-bond acceptors (Lipinski definition) is 3. The molecule has 19 heavy (non-hydrogen) atoms. The zero-order valence-electron chi connectivity index (χ0n) is 12.3. The van der Waals surface area contributed by atoms with Crippen molar-refractivity contribution in [1.82, 2.24) is 4.90 Å². The van der Waals surface area contributed by atoms with Gasteiger partial charge in [-0.3, -0.25) is 4.90 Å².